The van der Waals surface area contributed by atoms with Crippen LogP contribution in [0.25, 0.3) is 0 Å². The van der Waals surface area contributed by atoms with Gasteiger partial charge >= 0.3 is 0 Å². The van der Waals surface area contributed by atoms with Crippen molar-refractivity contribution in [3.8, 4) is 0 Å². The topological polar surface area (TPSA) is 67.9 Å². The van der Waals surface area contributed by atoms with E-state index in [1.165, 1.54) is 0 Å². The molecule has 1 heterocycles. The molecule has 0 spiro atoms. The van der Waals surface area contributed by atoms with E-state index in [4.69, 9.17) is 10.6 Å². The van der Waals surface area contributed by atoms with Gasteiger partial charge in [-0.25, -0.2) is 0 Å². The van der Waals surface area contributed by atoms with Gasteiger partial charge in [-0.3, -0.25) is 15.4 Å². The molecule has 1 aliphatic rings. The summed E-state index contributed by atoms with van der Waals surface area (Å²) in [5.41, 5.74) is 9.74. The van der Waals surface area contributed by atoms with Crippen molar-refractivity contribution in [2.24, 2.45) is 10.9 Å². The first-order valence-electron chi connectivity index (χ1n) is 10.1. The Kier molecular flexibility index (Phi) is 6.18. The summed E-state index contributed by atoms with van der Waals surface area (Å²) in [4.78, 5) is 20.5. The van der Waals surface area contributed by atoms with Crippen molar-refractivity contribution in [1.82, 2.24) is 0 Å². The number of nitrogens with zero attached hydrogens (tertiary/aromatic N) is 2. The van der Waals surface area contributed by atoms with E-state index in [9.17, 15) is 4.79 Å². The molecule has 152 valence electrons. The summed E-state index contributed by atoms with van der Waals surface area (Å²) in [5.74, 6) is -0.0207. The van der Waals surface area contributed by atoms with Crippen LogP contribution in [0.4, 0.5) is 5.69 Å². The second-order valence-corrected chi connectivity index (χ2v) is 7.47. The SMILES string of the molecule is CCC(N)(CC)ON=C(C)C=C1C(=O)N(c2ccccc2C)C1c1ccccc1. The van der Waals surface area contributed by atoms with Crippen LogP contribution in [0.3, 0.4) is 0 Å². The van der Waals surface area contributed by atoms with Crippen LogP contribution in [0.2, 0.25) is 0 Å². The van der Waals surface area contributed by atoms with Crippen LogP contribution in [-0.4, -0.2) is 17.3 Å². The van der Waals surface area contributed by atoms with Crippen molar-refractivity contribution in [3.63, 3.8) is 0 Å². The molecule has 2 N–H and O–H groups in total. The van der Waals surface area contributed by atoms with Crippen molar-refractivity contribution in [2.45, 2.75) is 52.3 Å². The number of benzene rings is 2. The average Bonchev–Trinajstić information content (AvgIpc) is 2.75. The highest BCUT2D eigenvalue weighted by molar-refractivity contribution is 6.18. The number of allylic oxidation sites excluding steroid dienone is 1. The Morgan fingerprint density at radius 2 is 1.76 bits per heavy atom. The summed E-state index contributed by atoms with van der Waals surface area (Å²) in [6, 6.07) is 17.8. The molecule has 0 aromatic heterocycles. The second kappa shape index (κ2) is 8.62. The van der Waals surface area contributed by atoms with Gasteiger partial charge in [0.2, 0.25) is 0 Å². The number of carbonyl (C=O) groups is 1. The first kappa shape index (κ1) is 20.8. The maximum absolute atomic E-state index is 13.1. The Balaban J connectivity index is 1.95. The van der Waals surface area contributed by atoms with Gasteiger partial charge in [-0.1, -0.05) is 67.5 Å². The van der Waals surface area contributed by atoms with Crippen molar-refractivity contribution in [2.75, 3.05) is 4.90 Å². The van der Waals surface area contributed by atoms with Gasteiger partial charge in [-0.05, 0) is 37.1 Å². The summed E-state index contributed by atoms with van der Waals surface area (Å²) in [6.45, 7) is 7.77. The van der Waals surface area contributed by atoms with E-state index in [-0.39, 0.29) is 11.9 Å². The summed E-state index contributed by atoms with van der Waals surface area (Å²) < 4.78 is 0. The minimum absolute atomic E-state index is 0.0207. The smallest absolute Gasteiger partial charge is 0.257 e. The lowest BCUT2D eigenvalue weighted by Gasteiger charge is -2.43. The molecule has 0 radical (unpaired) electrons. The fraction of sp³-hybridized carbons (Fsp3) is 0.333. The molecule has 2 aromatic carbocycles. The maximum Gasteiger partial charge on any atom is 0.257 e. The first-order chi connectivity index (χ1) is 13.9. The number of carbonyl (C=O) groups excluding carboxylic acids is 1. The number of anilines is 1. The molecule has 1 amide bonds. The number of para-hydroxylation sites is 1. The largest absolute Gasteiger partial charge is 0.373 e. The van der Waals surface area contributed by atoms with Crippen molar-refractivity contribution >= 4 is 17.3 Å². The van der Waals surface area contributed by atoms with Gasteiger partial charge in [0.25, 0.3) is 5.91 Å². The highest BCUT2D eigenvalue weighted by Crippen LogP contribution is 2.44. The van der Waals surface area contributed by atoms with Crippen molar-refractivity contribution in [1.29, 1.82) is 0 Å². The molecular weight excluding hydrogens is 362 g/mol. The van der Waals surface area contributed by atoms with Crippen molar-refractivity contribution in [3.05, 3.63) is 77.4 Å². The zero-order valence-corrected chi connectivity index (χ0v) is 17.6. The monoisotopic (exact) mass is 391 g/mol. The van der Waals surface area contributed by atoms with Crippen LogP contribution in [0, 0.1) is 6.92 Å². The third-order valence-electron chi connectivity index (χ3n) is 5.44. The Morgan fingerprint density at radius 1 is 1.14 bits per heavy atom. The number of β-lactam (4-membered cyclic amide) rings is 1. The molecule has 3 rings (SSSR count). The minimum Gasteiger partial charge on any atom is -0.373 e. The number of hydrogen-bond acceptors (Lipinski definition) is 4. The van der Waals surface area contributed by atoms with E-state index in [2.05, 4.69) is 5.16 Å². The van der Waals surface area contributed by atoms with Gasteiger partial charge in [0.1, 0.15) is 0 Å². The fourth-order valence-electron chi connectivity index (χ4n) is 3.43. The predicted molar refractivity (Wildman–Crippen MR) is 118 cm³/mol. The van der Waals surface area contributed by atoms with E-state index >= 15 is 0 Å². The van der Waals surface area contributed by atoms with E-state index in [0.717, 1.165) is 16.8 Å². The summed E-state index contributed by atoms with van der Waals surface area (Å²) in [6.07, 6.45) is 3.12. The molecule has 1 fully saturated rings. The number of aryl methyl sites for hydroxylation is 1. The van der Waals surface area contributed by atoms with E-state index in [0.29, 0.717) is 24.1 Å². The van der Waals surface area contributed by atoms with E-state index in [1.54, 1.807) is 6.08 Å². The molecule has 1 unspecified atom stereocenters. The number of amides is 1. The van der Waals surface area contributed by atoms with Crippen LogP contribution in [0.1, 0.15) is 50.8 Å². The lowest BCUT2D eigenvalue weighted by molar-refractivity contribution is -0.119. The van der Waals surface area contributed by atoms with Crippen LogP contribution in [0.15, 0.2) is 71.4 Å². The normalized spacial score (nSPS) is 18.7. The minimum atomic E-state index is -0.782. The zero-order chi connectivity index (χ0) is 21.0. The summed E-state index contributed by atoms with van der Waals surface area (Å²) >= 11 is 0. The Hall–Kier alpha value is -2.92. The Bertz CT molecular complexity index is 930. The standard InChI is InChI=1S/C24H29N3O2/c1-5-24(25,6-2)29-26-18(4)16-20-22(19-13-8-7-9-14-19)27(23(20)28)21-15-11-10-12-17(21)3/h7-16,22H,5-6,25H2,1-4H3. The number of rotatable bonds is 7. The molecular formula is C24H29N3O2. The van der Waals surface area contributed by atoms with Gasteiger partial charge in [0, 0.05) is 24.1 Å². The highest BCUT2D eigenvalue weighted by Gasteiger charge is 2.44. The molecule has 0 saturated carbocycles. The molecule has 1 saturated heterocycles. The van der Waals surface area contributed by atoms with Crippen molar-refractivity contribution < 1.29 is 9.63 Å². The average molecular weight is 392 g/mol. The molecule has 5 nitrogen and oxygen atoms in total. The van der Waals surface area contributed by atoms with E-state index in [1.807, 2.05) is 87.2 Å². The molecule has 2 aromatic rings. The molecule has 0 aliphatic carbocycles. The first-order valence-corrected chi connectivity index (χ1v) is 10.1. The van der Waals surface area contributed by atoms with Gasteiger partial charge in [0.05, 0.1) is 11.8 Å². The molecule has 1 atom stereocenters. The van der Waals surface area contributed by atoms with Gasteiger partial charge < -0.3 is 4.84 Å². The van der Waals surface area contributed by atoms with Gasteiger partial charge in [0.15, 0.2) is 5.72 Å². The lowest BCUT2D eigenvalue weighted by Crippen LogP contribution is -2.49. The fourth-order valence-corrected chi connectivity index (χ4v) is 3.43. The molecule has 29 heavy (non-hydrogen) atoms. The highest BCUT2D eigenvalue weighted by atomic mass is 16.7. The summed E-state index contributed by atoms with van der Waals surface area (Å²) in [5, 5.41) is 4.18. The number of oxime groups is 1. The maximum atomic E-state index is 13.1. The third-order valence-corrected chi connectivity index (χ3v) is 5.44. The zero-order valence-electron chi connectivity index (χ0n) is 17.6. The van der Waals surface area contributed by atoms with Crippen LogP contribution < -0.4 is 10.6 Å². The quantitative estimate of drug-likeness (QED) is 0.240. The number of hydrogen-bond donors (Lipinski definition) is 1. The summed E-state index contributed by atoms with van der Waals surface area (Å²) in [7, 11) is 0. The predicted octanol–water partition coefficient (Wildman–Crippen LogP) is 4.88. The molecule has 1 aliphatic heterocycles. The van der Waals surface area contributed by atoms with Gasteiger partial charge in [-0.2, -0.15) is 0 Å². The third kappa shape index (κ3) is 4.25. The van der Waals surface area contributed by atoms with Crippen LogP contribution >= 0.6 is 0 Å². The second-order valence-electron chi connectivity index (χ2n) is 7.47. The lowest BCUT2D eigenvalue weighted by atomic mass is 9.86. The van der Waals surface area contributed by atoms with E-state index < -0.39 is 5.72 Å². The van der Waals surface area contributed by atoms with Gasteiger partial charge in [-0.15, -0.1) is 0 Å². The number of nitrogens with two attached hydrogens (primary N) is 1. The Morgan fingerprint density at radius 3 is 2.38 bits per heavy atom. The molecule has 0 bridgehead atoms. The van der Waals surface area contributed by atoms with Crippen LogP contribution in [-0.2, 0) is 9.63 Å². The van der Waals surface area contributed by atoms with Crippen LogP contribution in [0.5, 0.6) is 0 Å². The molecule has 5 heteroatoms. The Labute approximate surface area is 172 Å².